The molecule has 1 unspecified atom stereocenters. The second-order valence-electron chi connectivity index (χ2n) is 2.15. The second kappa shape index (κ2) is 3.53. The number of nitrogens with one attached hydrogen (secondary N) is 2. The molecular weight excluding hydrogens is 156 g/mol. The Morgan fingerprint density at radius 2 is 2.67 bits per heavy atom. The molecule has 0 radical (unpaired) electrons. The molecule has 0 spiro atoms. The van der Waals surface area contributed by atoms with Crippen molar-refractivity contribution in [2.24, 2.45) is 0 Å². The molecule has 1 aromatic heterocycles. The topological polar surface area (TPSA) is 81.6 Å². The normalized spacial score (nSPS) is 11.7. The largest absolute Gasteiger partial charge is 0.358 e. The predicted molar refractivity (Wildman–Crippen MR) is 41.0 cm³/mol. The number of H-pyrrole nitrogens is 1. The highest BCUT2D eigenvalue weighted by atomic mass is 16.1. The van der Waals surface area contributed by atoms with Crippen LogP contribution in [0.4, 0.5) is 0 Å². The fourth-order valence-corrected chi connectivity index (χ4v) is 0.824. The van der Waals surface area contributed by atoms with Gasteiger partial charge in [0, 0.05) is 19.4 Å². The van der Waals surface area contributed by atoms with Gasteiger partial charge in [-0.05, 0) is 0 Å². The van der Waals surface area contributed by atoms with Crippen LogP contribution in [-0.4, -0.2) is 22.9 Å². The van der Waals surface area contributed by atoms with Crippen molar-refractivity contribution in [2.75, 3.05) is 7.05 Å². The van der Waals surface area contributed by atoms with E-state index in [1.54, 1.807) is 6.20 Å². The van der Waals surface area contributed by atoms with Gasteiger partial charge in [-0.15, -0.1) is 0 Å². The Kier molecular flexibility index (Phi) is 2.43. The van der Waals surface area contributed by atoms with Crippen molar-refractivity contribution >= 4 is 5.91 Å². The van der Waals surface area contributed by atoms with Crippen molar-refractivity contribution in [3.63, 3.8) is 0 Å². The first-order valence-electron chi connectivity index (χ1n) is 3.40. The van der Waals surface area contributed by atoms with Gasteiger partial charge < -0.3 is 10.3 Å². The van der Waals surface area contributed by atoms with Gasteiger partial charge in [0.25, 0.3) is 0 Å². The van der Waals surface area contributed by atoms with Crippen LogP contribution in [0.1, 0.15) is 11.7 Å². The second-order valence-corrected chi connectivity index (χ2v) is 2.15. The van der Waals surface area contributed by atoms with Crippen molar-refractivity contribution in [3.8, 4) is 6.07 Å². The summed E-state index contributed by atoms with van der Waals surface area (Å²) in [5.41, 5.74) is 0. The van der Waals surface area contributed by atoms with E-state index in [0.717, 1.165) is 0 Å². The number of carbonyl (C=O) groups is 1. The predicted octanol–water partition coefficient (Wildman–Crippen LogP) is -0.237. The van der Waals surface area contributed by atoms with Crippen LogP contribution in [0.15, 0.2) is 12.4 Å². The lowest BCUT2D eigenvalue weighted by atomic mass is 10.1. The summed E-state index contributed by atoms with van der Waals surface area (Å²) in [6.45, 7) is 0. The van der Waals surface area contributed by atoms with E-state index in [-0.39, 0.29) is 5.91 Å². The molecule has 62 valence electrons. The van der Waals surface area contributed by atoms with Crippen molar-refractivity contribution in [3.05, 3.63) is 18.2 Å². The summed E-state index contributed by atoms with van der Waals surface area (Å²) in [5, 5.41) is 11.0. The number of nitriles is 1. The highest BCUT2D eigenvalue weighted by Gasteiger charge is 2.20. The number of hydrogen-bond acceptors (Lipinski definition) is 3. The summed E-state index contributed by atoms with van der Waals surface area (Å²) in [5.74, 6) is -0.825. The standard InChI is InChI=1S/C7H8N4O/c1-9-7(12)5(4-8)6-10-2-3-11-6/h2-3,5H,1H3,(H,9,12)(H,10,11). The molecule has 2 N–H and O–H groups in total. The molecule has 0 aliphatic rings. The lowest BCUT2D eigenvalue weighted by molar-refractivity contribution is -0.121. The average Bonchev–Trinajstić information content (AvgIpc) is 2.58. The van der Waals surface area contributed by atoms with E-state index < -0.39 is 5.92 Å². The SMILES string of the molecule is CNC(=O)C(C#N)c1ncc[nH]1. The van der Waals surface area contributed by atoms with Crippen LogP contribution in [0.5, 0.6) is 0 Å². The minimum Gasteiger partial charge on any atom is -0.358 e. The van der Waals surface area contributed by atoms with Crippen LogP contribution >= 0.6 is 0 Å². The highest BCUT2D eigenvalue weighted by molar-refractivity contribution is 5.85. The molecule has 1 rings (SSSR count). The number of hydrogen-bond donors (Lipinski definition) is 2. The molecule has 0 aromatic carbocycles. The Bertz CT molecular complexity index is 298. The van der Waals surface area contributed by atoms with Crippen molar-refractivity contribution < 1.29 is 4.79 Å². The Labute approximate surface area is 69.4 Å². The van der Waals surface area contributed by atoms with E-state index in [4.69, 9.17) is 5.26 Å². The van der Waals surface area contributed by atoms with E-state index in [9.17, 15) is 4.79 Å². The van der Waals surface area contributed by atoms with Gasteiger partial charge in [-0.3, -0.25) is 4.79 Å². The Hall–Kier alpha value is -1.83. The minimum atomic E-state index is -0.843. The molecule has 1 aromatic rings. The zero-order valence-electron chi connectivity index (χ0n) is 6.53. The van der Waals surface area contributed by atoms with Crippen LogP contribution in [0.2, 0.25) is 0 Å². The lowest BCUT2D eigenvalue weighted by Crippen LogP contribution is -2.25. The first-order chi connectivity index (χ1) is 5.79. The first-order valence-corrected chi connectivity index (χ1v) is 3.40. The zero-order chi connectivity index (χ0) is 8.97. The van der Waals surface area contributed by atoms with Crippen molar-refractivity contribution in [2.45, 2.75) is 5.92 Å². The van der Waals surface area contributed by atoms with E-state index in [2.05, 4.69) is 15.3 Å². The molecule has 1 atom stereocenters. The summed E-state index contributed by atoms with van der Waals surface area (Å²) in [6, 6.07) is 1.85. The number of likely N-dealkylation sites (N-methyl/N-ethyl adjacent to an activating group) is 1. The number of imidazole rings is 1. The van der Waals surface area contributed by atoms with Crippen LogP contribution in [0.3, 0.4) is 0 Å². The smallest absolute Gasteiger partial charge is 0.244 e. The molecular formula is C7H8N4O. The molecule has 5 heteroatoms. The third kappa shape index (κ3) is 1.42. The summed E-state index contributed by atoms with van der Waals surface area (Å²) in [4.78, 5) is 17.6. The van der Waals surface area contributed by atoms with E-state index in [0.29, 0.717) is 5.82 Å². The van der Waals surface area contributed by atoms with Crippen molar-refractivity contribution in [1.29, 1.82) is 5.26 Å². The number of rotatable bonds is 2. The van der Waals surface area contributed by atoms with E-state index >= 15 is 0 Å². The average molecular weight is 164 g/mol. The van der Waals surface area contributed by atoms with E-state index in [1.165, 1.54) is 13.2 Å². The molecule has 1 heterocycles. The molecule has 0 aliphatic carbocycles. The van der Waals surface area contributed by atoms with Crippen LogP contribution in [0.25, 0.3) is 0 Å². The quantitative estimate of drug-likeness (QED) is 0.633. The highest BCUT2D eigenvalue weighted by Crippen LogP contribution is 2.08. The van der Waals surface area contributed by atoms with Crippen LogP contribution in [0, 0.1) is 11.3 Å². The molecule has 0 aliphatic heterocycles. The van der Waals surface area contributed by atoms with Gasteiger partial charge in [-0.25, -0.2) is 4.98 Å². The third-order valence-electron chi connectivity index (χ3n) is 1.43. The zero-order valence-corrected chi connectivity index (χ0v) is 6.53. The number of carbonyl (C=O) groups excluding carboxylic acids is 1. The lowest BCUT2D eigenvalue weighted by Gasteiger charge is -2.02. The maximum atomic E-state index is 11.0. The van der Waals surface area contributed by atoms with Crippen LogP contribution in [-0.2, 0) is 4.79 Å². The fourth-order valence-electron chi connectivity index (χ4n) is 0.824. The molecule has 0 fully saturated rings. The van der Waals surface area contributed by atoms with Gasteiger partial charge in [0.2, 0.25) is 5.91 Å². The fraction of sp³-hybridized carbons (Fsp3) is 0.286. The molecule has 0 saturated heterocycles. The molecule has 1 amide bonds. The van der Waals surface area contributed by atoms with Gasteiger partial charge in [0.05, 0.1) is 6.07 Å². The summed E-state index contributed by atoms with van der Waals surface area (Å²) < 4.78 is 0. The molecule has 0 saturated carbocycles. The molecule has 12 heavy (non-hydrogen) atoms. The molecule has 5 nitrogen and oxygen atoms in total. The van der Waals surface area contributed by atoms with Gasteiger partial charge >= 0.3 is 0 Å². The Morgan fingerprint density at radius 1 is 1.92 bits per heavy atom. The van der Waals surface area contributed by atoms with Gasteiger partial charge in [-0.1, -0.05) is 0 Å². The first kappa shape index (κ1) is 8.27. The summed E-state index contributed by atoms with van der Waals surface area (Å²) in [6.07, 6.45) is 3.07. The van der Waals surface area contributed by atoms with Gasteiger partial charge in [0.15, 0.2) is 5.92 Å². The number of aromatic nitrogens is 2. The van der Waals surface area contributed by atoms with E-state index in [1.807, 2.05) is 6.07 Å². The minimum absolute atomic E-state index is 0.354. The number of nitrogens with zero attached hydrogens (tertiary/aromatic N) is 2. The third-order valence-corrected chi connectivity index (χ3v) is 1.43. The number of amides is 1. The Morgan fingerprint density at radius 3 is 3.08 bits per heavy atom. The van der Waals surface area contributed by atoms with Crippen LogP contribution < -0.4 is 5.32 Å². The van der Waals surface area contributed by atoms with Gasteiger partial charge in [0.1, 0.15) is 5.82 Å². The Balaban J connectivity index is 2.86. The summed E-state index contributed by atoms with van der Waals surface area (Å²) in [7, 11) is 1.48. The summed E-state index contributed by atoms with van der Waals surface area (Å²) >= 11 is 0. The number of aromatic amines is 1. The van der Waals surface area contributed by atoms with Crippen molar-refractivity contribution in [1.82, 2.24) is 15.3 Å². The van der Waals surface area contributed by atoms with Gasteiger partial charge in [-0.2, -0.15) is 5.26 Å². The monoisotopic (exact) mass is 164 g/mol. The maximum absolute atomic E-state index is 11.0. The maximum Gasteiger partial charge on any atom is 0.244 e. The molecule has 0 bridgehead atoms.